The van der Waals surface area contributed by atoms with E-state index in [4.69, 9.17) is 21.1 Å². The molecule has 0 spiro atoms. The van der Waals surface area contributed by atoms with Crippen LogP contribution in [0.4, 0.5) is 11.4 Å². The summed E-state index contributed by atoms with van der Waals surface area (Å²) >= 11 is 6.21. The van der Waals surface area contributed by atoms with E-state index < -0.39 is 17.7 Å². The van der Waals surface area contributed by atoms with Gasteiger partial charge in [0.2, 0.25) is 0 Å². The molecule has 1 amide bonds. The van der Waals surface area contributed by atoms with Crippen molar-refractivity contribution in [1.82, 2.24) is 0 Å². The van der Waals surface area contributed by atoms with Crippen LogP contribution in [0.3, 0.4) is 0 Å². The monoisotopic (exact) mass is 520 g/mol. The van der Waals surface area contributed by atoms with Gasteiger partial charge in [0.1, 0.15) is 17.3 Å². The van der Waals surface area contributed by atoms with Gasteiger partial charge in [-0.1, -0.05) is 42.8 Å². The molecule has 1 fully saturated rings. The Morgan fingerprint density at radius 3 is 2.38 bits per heavy atom. The number of carbonyl (C=O) groups excluding carboxylic acids is 2. The second-order valence-electron chi connectivity index (χ2n) is 8.82. The summed E-state index contributed by atoms with van der Waals surface area (Å²) in [6.45, 7) is 2.43. The van der Waals surface area contributed by atoms with Crippen LogP contribution in [0.1, 0.15) is 30.5 Å². The maximum Gasteiger partial charge on any atom is 0.300 e. The van der Waals surface area contributed by atoms with Crippen LogP contribution in [0, 0.1) is 0 Å². The Labute approximate surface area is 221 Å². The number of ketones is 1. The number of methoxy groups -OCH3 is 1. The lowest BCUT2D eigenvalue weighted by molar-refractivity contribution is -0.132. The van der Waals surface area contributed by atoms with Crippen LogP contribution in [0.25, 0.3) is 5.76 Å². The van der Waals surface area contributed by atoms with Gasteiger partial charge in [0.05, 0.1) is 36.6 Å². The van der Waals surface area contributed by atoms with Gasteiger partial charge in [-0.05, 0) is 54.4 Å². The maximum absolute atomic E-state index is 13.6. The highest BCUT2D eigenvalue weighted by molar-refractivity contribution is 6.52. The topological polar surface area (TPSA) is 79.3 Å². The van der Waals surface area contributed by atoms with Crippen LogP contribution in [-0.2, 0) is 9.59 Å². The van der Waals surface area contributed by atoms with Crippen molar-refractivity contribution < 1.29 is 24.2 Å². The number of aliphatic hydroxyl groups is 1. The molecule has 0 aromatic heterocycles. The van der Waals surface area contributed by atoms with Crippen LogP contribution in [0.15, 0.2) is 72.3 Å². The second kappa shape index (κ2) is 11.0. The predicted octanol–water partition coefficient (Wildman–Crippen LogP) is 5.83. The highest BCUT2D eigenvalue weighted by atomic mass is 35.5. The molecule has 0 bridgehead atoms. The fraction of sp³-hybridized carbons (Fsp3) is 0.241. The van der Waals surface area contributed by atoms with E-state index in [0.717, 1.165) is 12.1 Å². The van der Waals surface area contributed by atoms with Crippen molar-refractivity contribution >= 4 is 40.4 Å². The lowest BCUT2D eigenvalue weighted by atomic mass is 9.94. The zero-order chi connectivity index (χ0) is 26.7. The minimum atomic E-state index is -0.911. The van der Waals surface area contributed by atoms with E-state index in [1.807, 2.05) is 56.3 Å². The molecule has 37 heavy (non-hydrogen) atoms. The van der Waals surface area contributed by atoms with Crippen molar-refractivity contribution in [2.24, 2.45) is 0 Å². The molecular weight excluding hydrogens is 492 g/mol. The molecule has 8 heteroatoms. The number of hydrogen-bond donors (Lipinski definition) is 1. The average Bonchev–Trinajstić information content (AvgIpc) is 3.17. The highest BCUT2D eigenvalue weighted by Crippen LogP contribution is 2.46. The highest BCUT2D eigenvalue weighted by Gasteiger charge is 2.48. The predicted molar refractivity (Wildman–Crippen MR) is 146 cm³/mol. The number of ether oxygens (including phenoxy) is 2. The fourth-order valence-electron chi connectivity index (χ4n) is 4.35. The van der Waals surface area contributed by atoms with Crippen molar-refractivity contribution in [3.8, 4) is 11.5 Å². The fourth-order valence-corrected chi connectivity index (χ4v) is 4.52. The molecule has 4 rings (SSSR count). The Balaban J connectivity index is 1.97. The molecule has 1 N–H and O–H groups in total. The molecule has 1 unspecified atom stereocenters. The van der Waals surface area contributed by atoms with E-state index in [1.54, 1.807) is 30.3 Å². The molecule has 1 saturated heterocycles. The minimum absolute atomic E-state index is 0.0616. The number of rotatable bonds is 8. The molecule has 1 aliphatic rings. The Kier molecular flexibility index (Phi) is 7.74. The van der Waals surface area contributed by atoms with Gasteiger partial charge in [-0.2, -0.15) is 0 Å². The second-order valence-corrected chi connectivity index (χ2v) is 9.25. The normalized spacial score (nSPS) is 16.7. The molecule has 0 radical (unpaired) electrons. The summed E-state index contributed by atoms with van der Waals surface area (Å²) in [6, 6.07) is 18.4. The first-order valence-electron chi connectivity index (χ1n) is 11.9. The van der Waals surface area contributed by atoms with Crippen LogP contribution in [-0.4, -0.2) is 44.6 Å². The summed E-state index contributed by atoms with van der Waals surface area (Å²) in [5, 5.41) is 11.8. The average molecular weight is 521 g/mol. The van der Waals surface area contributed by atoms with Crippen LogP contribution in [0.5, 0.6) is 11.5 Å². The standard InChI is InChI=1S/C29H29ClN2O5/c1-5-16-37-24-9-7-6-8-22(24)32-26(18-10-13-20(14-11-18)31(2)3)25(28(34)29(32)35)27(33)21-17-19(30)12-15-23(21)36-4/h6-15,17,26,33H,5,16H2,1-4H3/b27-25+. The molecule has 1 aliphatic heterocycles. The molecule has 3 aromatic rings. The Hall–Kier alpha value is -3.97. The summed E-state index contributed by atoms with van der Waals surface area (Å²) < 4.78 is 11.3. The number of Topliss-reactive ketones (excluding diaryl/α,β-unsaturated/α-hetero) is 1. The van der Waals surface area contributed by atoms with Crippen molar-refractivity contribution in [2.45, 2.75) is 19.4 Å². The molecule has 0 saturated carbocycles. The van der Waals surface area contributed by atoms with Gasteiger partial charge in [-0.15, -0.1) is 0 Å². The van der Waals surface area contributed by atoms with Gasteiger partial charge in [0.15, 0.2) is 0 Å². The van der Waals surface area contributed by atoms with Crippen LogP contribution in [0.2, 0.25) is 5.02 Å². The number of anilines is 2. The SMILES string of the molecule is CCCOc1ccccc1N1C(=O)C(=O)/C(=C(/O)c2cc(Cl)ccc2OC)C1c1ccc(N(C)C)cc1. The smallest absolute Gasteiger partial charge is 0.300 e. The van der Waals surface area contributed by atoms with Crippen molar-refractivity contribution in [3.05, 3.63) is 88.5 Å². The van der Waals surface area contributed by atoms with Gasteiger partial charge >= 0.3 is 0 Å². The molecule has 7 nitrogen and oxygen atoms in total. The molecular formula is C29H29ClN2O5. The van der Waals surface area contributed by atoms with E-state index in [2.05, 4.69) is 0 Å². The summed E-state index contributed by atoms with van der Waals surface area (Å²) in [6.07, 6.45) is 0.775. The summed E-state index contributed by atoms with van der Waals surface area (Å²) in [7, 11) is 5.30. The minimum Gasteiger partial charge on any atom is -0.507 e. The van der Waals surface area contributed by atoms with Gasteiger partial charge in [-0.3, -0.25) is 14.5 Å². The van der Waals surface area contributed by atoms with E-state index in [-0.39, 0.29) is 16.9 Å². The molecule has 0 aliphatic carbocycles. The molecule has 192 valence electrons. The van der Waals surface area contributed by atoms with E-state index in [1.165, 1.54) is 18.1 Å². The maximum atomic E-state index is 13.6. The van der Waals surface area contributed by atoms with Gasteiger partial charge < -0.3 is 19.5 Å². The number of carbonyl (C=O) groups is 2. The van der Waals surface area contributed by atoms with Gasteiger partial charge in [0.25, 0.3) is 11.7 Å². The van der Waals surface area contributed by atoms with Crippen LogP contribution >= 0.6 is 11.6 Å². The third kappa shape index (κ3) is 5.00. The first kappa shape index (κ1) is 26.1. The number of para-hydroxylation sites is 2. The largest absolute Gasteiger partial charge is 0.507 e. The van der Waals surface area contributed by atoms with Crippen molar-refractivity contribution in [2.75, 3.05) is 37.6 Å². The first-order chi connectivity index (χ1) is 17.8. The third-order valence-corrected chi connectivity index (χ3v) is 6.41. The lowest BCUT2D eigenvalue weighted by Gasteiger charge is -2.27. The number of amides is 1. The molecule has 1 heterocycles. The van der Waals surface area contributed by atoms with E-state index in [0.29, 0.717) is 34.4 Å². The Morgan fingerprint density at radius 1 is 1.03 bits per heavy atom. The Morgan fingerprint density at radius 2 is 1.73 bits per heavy atom. The van der Waals surface area contributed by atoms with Gasteiger partial charge in [-0.25, -0.2) is 0 Å². The lowest BCUT2D eigenvalue weighted by Crippen LogP contribution is -2.30. The van der Waals surface area contributed by atoms with E-state index >= 15 is 0 Å². The number of halogens is 1. The zero-order valence-electron chi connectivity index (χ0n) is 21.2. The van der Waals surface area contributed by atoms with Crippen molar-refractivity contribution in [1.29, 1.82) is 0 Å². The summed E-state index contributed by atoms with van der Waals surface area (Å²) in [4.78, 5) is 30.4. The first-order valence-corrected chi connectivity index (χ1v) is 12.3. The third-order valence-electron chi connectivity index (χ3n) is 6.17. The number of hydrogen-bond acceptors (Lipinski definition) is 6. The zero-order valence-corrected chi connectivity index (χ0v) is 22.0. The van der Waals surface area contributed by atoms with E-state index in [9.17, 15) is 14.7 Å². The van der Waals surface area contributed by atoms with Crippen molar-refractivity contribution in [3.63, 3.8) is 0 Å². The number of benzene rings is 3. The number of aliphatic hydroxyl groups excluding tert-OH is 1. The quantitative estimate of drug-likeness (QED) is 0.229. The Bertz CT molecular complexity index is 1350. The number of nitrogens with zero attached hydrogens (tertiary/aromatic N) is 2. The molecule has 1 atom stereocenters. The van der Waals surface area contributed by atoms with Gasteiger partial charge in [0, 0.05) is 24.8 Å². The molecule has 3 aromatic carbocycles. The van der Waals surface area contributed by atoms with Crippen LogP contribution < -0.4 is 19.3 Å². The summed E-state index contributed by atoms with van der Waals surface area (Å²) in [5.41, 5.74) is 2.20. The summed E-state index contributed by atoms with van der Waals surface area (Å²) in [5.74, 6) is -1.15.